The standard InChI is InChI=1S/C10H15O2.3ClH.Ti/c1-11-8-9-12-7-6-10-4-2-3-5-10;;;;/h2,4H,3,6-9H2,1H3;3*1H;. The second kappa shape index (κ2) is 14.0. The average Bonchev–Trinajstić information content (AvgIpc) is 2.52. The largest absolute Gasteiger partial charge is 0.147 e. The number of halogens is 3. The summed E-state index contributed by atoms with van der Waals surface area (Å²) in [5.74, 6) is 0. The van der Waals surface area contributed by atoms with Crippen LogP contribution >= 0.6 is 37.2 Å². The molecule has 0 heterocycles. The molecule has 0 spiro atoms. The topological polar surface area (TPSA) is 18.5 Å². The molecule has 6 heteroatoms. The summed E-state index contributed by atoms with van der Waals surface area (Å²) in [7, 11) is 1.69. The summed E-state index contributed by atoms with van der Waals surface area (Å²) in [5, 5.41) is 0. The van der Waals surface area contributed by atoms with Crippen molar-refractivity contribution in [2.45, 2.75) is 12.8 Å². The monoisotopic (exact) mass is 323 g/mol. The van der Waals surface area contributed by atoms with Crippen LogP contribution in [0.4, 0.5) is 0 Å². The van der Waals surface area contributed by atoms with E-state index in [2.05, 4.69) is 32.6 Å². The van der Waals surface area contributed by atoms with E-state index in [0.29, 0.717) is 13.2 Å². The van der Waals surface area contributed by atoms with Gasteiger partial charge in [-0.3, -0.25) is 0 Å². The number of methoxy groups -OCH3 is 1. The van der Waals surface area contributed by atoms with Crippen molar-refractivity contribution < 1.29 is 29.9 Å². The molecule has 0 fully saturated rings. The molecule has 1 aliphatic rings. The van der Waals surface area contributed by atoms with E-state index in [9.17, 15) is 0 Å². The maximum atomic E-state index is 5.39. The normalized spacial score (nSPS) is 12.8. The van der Waals surface area contributed by atoms with Crippen LogP contribution in [0.5, 0.6) is 0 Å². The van der Waals surface area contributed by atoms with Crippen molar-refractivity contribution in [1.29, 1.82) is 0 Å². The third-order valence-corrected chi connectivity index (χ3v) is 2.80. The Morgan fingerprint density at radius 2 is 1.88 bits per heavy atom. The maximum absolute atomic E-state index is 5.39. The summed E-state index contributed by atoms with van der Waals surface area (Å²) in [6.07, 6.45) is 6.56. The summed E-state index contributed by atoms with van der Waals surface area (Å²) in [6, 6.07) is 0. The van der Waals surface area contributed by atoms with Gasteiger partial charge in [0, 0.05) is 0 Å². The molecule has 0 N–H and O–H groups in total. The number of ether oxygens (including phenoxy) is 2. The Morgan fingerprint density at radius 3 is 2.38 bits per heavy atom. The van der Waals surface area contributed by atoms with Crippen LogP contribution in [0.2, 0.25) is 0 Å². The Bertz CT molecular complexity index is 220. The van der Waals surface area contributed by atoms with Crippen molar-refractivity contribution in [1.82, 2.24) is 0 Å². The van der Waals surface area contributed by atoms with Gasteiger partial charge in [0.1, 0.15) is 0 Å². The fraction of sp³-hybridized carbons (Fsp3) is 0.600. The first kappa shape index (κ1) is 22.2. The van der Waals surface area contributed by atoms with E-state index in [4.69, 9.17) is 9.47 Å². The molecular formula is C10H18Cl3O2Ti. The first-order chi connectivity index (χ1) is 6.34. The molecule has 1 rings (SSSR count). The van der Waals surface area contributed by atoms with Crippen molar-refractivity contribution in [3.8, 4) is 0 Å². The van der Waals surface area contributed by atoms with Gasteiger partial charge in [-0.15, -0.1) is 37.2 Å². The molecule has 0 bridgehead atoms. The predicted octanol–water partition coefficient (Wildman–Crippen LogP) is 3.07. The van der Waals surface area contributed by atoms with Gasteiger partial charge in [0.15, 0.2) is 0 Å². The van der Waals surface area contributed by atoms with E-state index in [1.165, 1.54) is 9.45 Å². The average molecular weight is 324 g/mol. The smallest absolute Gasteiger partial charge is 0.147 e. The van der Waals surface area contributed by atoms with Gasteiger partial charge >= 0.3 is 91.3 Å². The molecule has 0 radical (unpaired) electrons. The van der Waals surface area contributed by atoms with Crippen LogP contribution in [0, 0.1) is 0 Å². The zero-order valence-electron chi connectivity index (χ0n) is 9.23. The first-order valence-electron chi connectivity index (χ1n) is 4.51. The van der Waals surface area contributed by atoms with Gasteiger partial charge < -0.3 is 0 Å². The molecule has 0 atom stereocenters. The molecule has 0 aliphatic heterocycles. The summed E-state index contributed by atoms with van der Waals surface area (Å²) in [4.78, 5) is 0. The molecule has 1 aliphatic carbocycles. The number of rotatable bonds is 6. The van der Waals surface area contributed by atoms with Crippen LogP contribution in [-0.4, -0.2) is 26.9 Å². The van der Waals surface area contributed by atoms with Crippen LogP contribution in [0.15, 0.2) is 21.6 Å². The van der Waals surface area contributed by atoms with Crippen molar-refractivity contribution in [2.24, 2.45) is 0 Å². The van der Waals surface area contributed by atoms with Crippen LogP contribution < -0.4 is 0 Å². The summed E-state index contributed by atoms with van der Waals surface area (Å²) in [5.41, 5.74) is 1.44. The molecule has 0 saturated heterocycles. The van der Waals surface area contributed by atoms with Crippen molar-refractivity contribution in [2.75, 3.05) is 26.9 Å². The molecule has 2 nitrogen and oxygen atoms in total. The van der Waals surface area contributed by atoms with E-state index in [0.717, 1.165) is 19.4 Å². The zero-order chi connectivity index (χ0) is 9.52. The first-order valence-corrected chi connectivity index (χ1v) is 5.29. The van der Waals surface area contributed by atoms with Crippen LogP contribution in [0.25, 0.3) is 0 Å². The Balaban J connectivity index is -0.000000563. The van der Waals surface area contributed by atoms with Gasteiger partial charge in [0.2, 0.25) is 0 Å². The Hall–Kier alpha value is 0.984. The third-order valence-electron chi connectivity index (χ3n) is 1.98. The fourth-order valence-electron chi connectivity index (χ4n) is 1.21. The van der Waals surface area contributed by atoms with Gasteiger partial charge in [-0.1, -0.05) is 0 Å². The summed E-state index contributed by atoms with van der Waals surface area (Å²) < 4.78 is 11.8. The number of hydrogen-bond donors (Lipinski definition) is 0. The molecule has 0 aromatic heterocycles. The van der Waals surface area contributed by atoms with E-state index >= 15 is 0 Å². The van der Waals surface area contributed by atoms with E-state index in [-0.39, 0.29) is 37.2 Å². The molecule has 0 saturated carbocycles. The van der Waals surface area contributed by atoms with Crippen molar-refractivity contribution in [3.05, 3.63) is 21.6 Å². The minimum atomic E-state index is 0. The second-order valence-electron chi connectivity index (χ2n) is 2.97. The van der Waals surface area contributed by atoms with Crippen molar-refractivity contribution in [3.63, 3.8) is 0 Å². The van der Waals surface area contributed by atoms with Gasteiger partial charge in [0.05, 0.1) is 0 Å². The number of hydrogen-bond acceptors (Lipinski definition) is 2. The molecule has 95 valence electrons. The summed E-state index contributed by atoms with van der Waals surface area (Å²) >= 11 is 2.19. The molecule has 0 aromatic carbocycles. The predicted molar refractivity (Wildman–Crippen MR) is 69.8 cm³/mol. The van der Waals surface area contributed by atoms with E-state index in [1.807, 2.05) is 0 Å². The van der Waals surface area contributed by atoms with Crippen LogP contribution in [-0.2, 0) is 29.9 Å². The Labute approximate surface area is 128 Å². The molecule has 0 amide bonds. The van der Waals surface area contributed by atoms with Crippen LogP contribution in [0.1, 0.15) is 12.8 Å². The molecule has 16 heavy (non-hydrogen) atoms. The SMILES string of the molecule is COCCOCCC1=[C]([Ti])CC=C1.Cl.Cl.Cl. The maximum Gasteiger partial charge on any atom is -0.147 e. The Morgan fingerprint density at radius 1 is 1.19 bits per heavy atom. The van der Waals surface area contributed by atoms with Gasteiger partial charge in [-0.2, -0.15) is 0 Å². The quantitative estimate of drug-likeness (QED) is 0.552. The van der Waals surface area contributed by atoms with E-state index in [1.54, 1.807) is 7.11 Å². The molecule has 0 unspecified atom stereocenters. The van der Waals surface area contributed by atoms with Crippen LogP contribution in [0.3, 0.4) is 0 Å². The third kappa shape index (κ3) is 9.06. The van der Waals surface area contributed by atoms with Gasteiger partial charge in [-0.05, 0) is 0 Å². The molecule has 0 aromatic rings. The van der Waals surface area contributed by atoms with Crippen molar-refractivity contribution >= 4 is 37.2 Å². The van der Waals surface area contributed by atoms with Gasteiger partial charge in [-0.25, -0.2) is 0 Å². The second-order valence-corrected chi connectivity index (χ2v) is 3.91. The minimum Gasteiger partial charge on any atom is -0.147 e. The fourth-order valence-corrected chi connectivity index (χ4v) is 1.72. The van der Waals surface area contributed by atoms with E-state index < -0.39 is 0 Å². The van der Waals surface area contributed by atoms with Gasteiger partial charge in [0.25, 0.3) is 0 Å². The molecular weight excluding hydrogens is 306 g/mol. The number of allylic oxidation sites excluding steroid dienone is 3. The summed E-state index contributed by atoms with van der Waals surface area (Å²) in [6.45, 7) is 2.20. The zero-order valence-corrected chi connectivity index (χ0v) is 13.2. The minimum absolute atomic E-state index is 0. The Kier molecular flexibility index (Phi) is 19.5.